The second-order valence-corrected chi connectivity index (χ2v) is 8.01. The third kappa shape index (κ3) is 8.94. The maximum absolute atomic E-state index is 12.5. The zero-order valence-electron chi connectivity index (χ0n) is 17.6. The van der Waals surface area contributed by atoms with Crippen LogP contribution in [0.4, 0.5) is 0 Å². The van der Waals surface area contributed by atoms with Crippen molar-refractivity contribution in [2.45, 2.75) is 57.0 Å². The zero-order chi connectivity index (χ0) is 23.6. The van der Waals surface area contributed by atoms with Crippen molar-refractivity contribution < 1.29 is 29.4 Å². The molecule has 0 aliphatic carbocycles. The van der Waals surface area contributed by atoms with Crippen molar-refractivity contribution in [3.63, 3.8) is 0 Å². The average Bonchev–Trinajstić information content (AvgIpc) is 3.21. The zero-order valence-corrected chi connectivity index (χ0v) is 18.4. The van der Waals surface area contributed by atoms with Gasteiger partial charge in [0.1, 0.15) is 18.1 Å². The number of rotatable bonds is 13. The van der Waals surface area contributed by atoms with E-state index in [1.807, 2.05) is 0 Å². The SMILES string of the molecule is CSCCC(NC(=O)C(NC(=O)C(C)NC(=O)C(N)Cc1cnc[nH]1)C(C)O)C(=O)O. The second kappa shape index (κ2) is 12.9. The van der Waals surface area contributed by atoms with Crippen LogP contribution < -0.4 is 21.7 Å². The van der Waals surface area contributed by atoms with E-state index in [1.54, 1.807) is 6.26 Å². The minimum Gasteiger partial charge on any atom is -0.480 e. The monoisotopic (exact) mass is 458 g/mol. The lowest BCUT2D eigenvalue weighted by molar-refractivity contribution is -0.143. The van der Waals surface area contributed by atoms with Gasteiger partial charge < -0.3 is 36.9 Å². The molecular weight excluding hydrogens is 428 g/mol. The number of aliphatic hydroxyl groups excluding tert-OH is 1. The number of amides is 3. The standard InChI is InChI=1S/C18H30N6O6S/c1-9(22-16(27)12(19)6-11-7-20-8-21-11)15(26)24-14(10(2)25)17(28)23-13(18(29)30)4-5-31-3/h7-10,12-14,25H,4-6,19H2,1-3H3,(H,20,21)(H,22,27)(H,23,28)(H,24,26)(H,29,30). The Hall–Kier alpha value is -2.64. The molecule has 0 spiro atoms. The van der Waals surface area contributed by atoms with E-state index < -0.39 is 54.0 Å². The van der Waals surface area contributed by atoms with Crippen molar-refractivity contribution >= 4 is 35.5 Å². The molecule has 1 rings (SSSR count). The molecule has 1 heterocycles. The molecule has 5 unspecified atom stereocenters. The van der Waals surface area contributed by atoms with Gasteiger partial charge in [0, 0.05) is 18.3 Å². The van der Waals surface area contributed by atoms with E-state index in [0.717, 1.165) is 0 Å². The number of aromatic nitrogens is 2. The molecule has 0 aliphatic rings. The number of hydrogen-bond donors (Lipinski definition) is 7. The topological polar surface area (TPSA) is 200 Å². The smallest absolute Gasteiger partial charge is 0.326 e. The Bertz CT molecular complexity index is 744. The second-order valence-electron chi connectivity index (χ2n) is 7.03. The van der Waals surface area contributed by atoms with Crippen molar-refractivity contribution in [2.75, 3.05) is 12.0 Å². The van der Waals surface area contributed by atoms with Gasteiger partial charge in [0.15, 0.2) is 0 Å². The molecule has 1 aromatic heterocycles. The maximum atomic E-state index is 12.5. The summed E-state index contributed by atoms with van der Waals surface area (Å²) < 4.78 is 0. The average molecular weight is 459 g/mol. The van der Waals surface area contributed by atoms with Crippen molar-refractivity contribution in [1.82, 2.24) is 25.9 Å². The van der Waals surface area contributed by atoms with Crippen molar-refractivity contribution in [1.29, 1.82) is 0 Å². The summed E-state index contributed by atoms with van der Waals surface area (Å²) in [6, 6.07) is -4.54. The number of nitrogens with two attached hydrogens (primary N) is 1. The van der Waals surface area contributed by atoms with Crippen LogP contribution in [-0.4, -0.2) is 86.2 Å². The number of H-pyrrole nitrogens is 1. The van der Waals surface area contributed by atoms with E-state index in [1.165, 1.54) is 38.1 Å². The largest absolute Gasteiger partial charge is 0.480 e. The Morgan fingerprint density at radius 1 is 1.16 bits per heavy atom. The van der Waals surface area contributed by atoms with Gasteiger partial charge in [-0.05, 0) is 32.3 Å². The fraction of sp³-hybridized carbons (Fsp3) is 0.611. The summed E-state index contributed by atoms with van der Waals surface area (Å²) in [7, 11) is 0. The number of carboxylic acid groups (broad SMARTS) is 1. The molecule has 0 saturated carbocycles. The molecule has 31 heavy (non-hydrogen) atoms. The number of thioether (sulfide) groups is 1. The quantitative estimate of drug-likeness (QED) is 0.174. The van der Waals surface area contributed by atoms with Crippen LogP contribution in [-0.2, 0) is 25.6 Å². The Kier molecular flexibility index (Phi) is 11.0. The minimum absolute atomic E-state index is 0.184. The van der Waals surface area contributed by atoms with Gasteiger partial charge in [-0.25, -0.2) is 9.78 Å². The van der Waals surface area contributed by atoms with Crippen LogP contribution in [0.5, 0.6) is 0 Å². The van der Waals surface area contributed by atoms with Crippen LogP contribution in [0.2, 0.25) is 0 Å². The highest BCUT2D eigenvalue weighted by Gasteiger charge is 2.31. The van der Waals surface area contributed by atoms with Gasteiger partial charge in [0.25, 0.3) is 0 Å². The number of carbonyl (C=O) groups is 4. The van der Waals surface area contributed by atoms with Crippen molar-refractivity contribution in [2.24, 2.45) is 5.73 Å². The number of aromatic amines is 1. The van der Waals surface area contributed by atoms with Gasteiger partial charge in [-0.3, -0.25) is 14.4 Å². The lowest BCUT2D eigenvalue weighted by Gasteiger charge is -2.25. The molecular formula is C18H30N6O6S. The molecule has 8 N–H and O–H groups in total. The first-order chi connectivity index (χ1) is 14.6. The summed E-state index contributed by atoms with van der Waals surface area (Å²) in [6.45, 7) is 2.68. The van der Waals surface area contributed by atoms with Gasteiger partial charge >= 0.3 is 5.97 Å². The highest BCUT2D eigenvalue weighted by molar-refractivity contribution is 7.98. The Balaban J connectivity index is 2.67. The van der Waals surface area contributed by atoms with E-state index in [-0.39, 0.29) is 12.8 Å². The first kappa shape index (κ1) is 26.4. The first-order valence-corrected chi connectivity index (χ1v) is 11.0. The first-order valence-electron chi connectivity index (χ1n) is 9.60. The number of carboxylic acids is 1. The van der Waals surface area contributed by atoms with Crippen LogP contribution in [0.25, 0.3) is 0 Å². The lowest BCUT2D eigenvalue weighted by atomic mass is 10.1. The Labute approximate surface area is 184 Å². The Morgan fingerprint density at radius 2 is 1.84 bits per heavy atom. The molecule has 13 heteroatoms. The molecule has 0 saturated heterocycles. The third-order valence-corrected chi connectivity index (χ3v) is 5.02. The van der Waals surface area contributed by atoms with E-state index in [0.29, 0.717) is 11.4 Å². The molecule has 174 valence electrons. The number of imidazole rings is 1. The summed E-state index contributed by atoms with van der Waals surface area (Å²) in [4.78, 5) is 55.1. The van der Waals surface area contributed by atoms with Gasteiger partial charge in [0.2, 0.25) is 17.7 Å². The summed E-state index contributed by atoms with van der Waals surface area (Å²) in [6.07, 6.45) is 3.85. The van der Waals surface area contributed by atoms with Gasteiger partial charge in [-0.1, -0.05) is 0 Å². The summed E-state index contributed by atoms with van der Waals surface area (Å²) in [5, 5.41) is 26.2. The summed E-state index contributed by atoms with van der Waals surface area (Å²) in [5.74, 6) is -2.88. The Morgan fingerprint density at radius 3 is 2.35 bits per heavy atom. The van der Waals surface area contributed by atoms with Crippen LogP contribution in [0.3, 0.4) is 0 Å². The van der Waals surface area contributed by atoms with Crippen LogP contribution >= 0.6 is 11.8 Å². The van der Waals surface area contributed by atoms with Crippen LogP contribution in [0.1, 0.15) is 26.0 Å². The molecule has 12 nitrogen and oxygen atoms in total. The molecule has 0 aromatic carbocycles. The molecule has 3 amide bonds. The predicted octanol–water partition coefficient (Wildman–Crippen LogP) is -2.03. The number of carbonyl (C=O) groups excluding carboxylic acids is 3. The van der Waals surface area contributed by atoms with Crippen molar-refractivity contribution in [3.8, 4) is 0 Å². The highest BCUT2D eigenvalue weighted by Crippen LogP contribution is 2.03. The predicted molar refractivity (Wildman–Crippen MR) is 114 cm³/mol. The third-order valence-electron chi connectivity index (χ3n) is 4.37. The normalized spacial score (nSPS) is 15.8. The fourth-order valence-electron chi connectivity index (χ4n) is 2.55. The highest BCUT2D eigenvalue weighted by atomic mass is 32.2. The minimum atomic E-state index is -1.40. The molecule has 0 aliphatic heterocycles. The number of hydrogen-bond acceptors (Lipinski definition) is 8. The van der Waals surface area contributed by atoms with Gasteiger partial charge in [0.05, 0.1) is 18.5 Å². The maximum Gasteiger partial charge on any atom is 0.326 e. The molecule has 1 aromatic rings. The number of aliphatic carboxylic acids is 1. The summed E-state index contributed by atoms with van der Waals surface area (Å²) >= 11 is 1.42. The number of nitrogens with zero attached hydrogens (tertiary/aromatic N) is 1. The summed E-state index contributed by atoms with van der Waals surface area (Å²) in [5.41, 5.74) is 6.48. The fourth-order valence-corrected chi connectivity index (χ4v) is 3.02. The lowest BCUT2D eigenvalue weighted by Crippen LogP contribution is -2.59. The molecule has 0 bridgehead atoms. The van der Waals surface area contributed by atoms with Crippen LogP contribution in [0, 0.1) is 0 Å². The van der Waals surface area contributed by atoms with E-state index in [9.17, 15) is 29.4 Å². The van der Waals surface area contributed by atoms with Gasteiger partial charge in [-0.15, -0.1) is 0 Å². The molecule has 5 atom stereocenters. The van der Waals surface area contributed by atoms with Gasteiger partial charge in [-0.2, -0.15) is 11.8 Å². The molecule has 0 fully saturated rings. The van der Waals surface area contributed by atoms with E-state index in [4.69, 9.17) is 5.73 Å². The van der Waals surface area contributed by atoms with Crippen molar-refractivity contribution in [3.05, 3.63) is 18.2 Å². The van der Waals surface area contributed by atoms with E-state index >= 15 is 0 Å². The number of aliphatic hydroxyl groups is 1. The van der Waals surface area contributed by atoms with E-state index in [2.05, 4.69) is 25.9 Å². The molecule has 0 radical (unpaired) electrons. The number of nitrogens with one attached hydrogen (secondary N) is 4. The van der Waals surface area contributed by atoms with Crippen LogP contribution in [0.15, 0.2) is 12.5 Å².